The van der Waals surface area contributed by atoms with Gasteiger partial charge in [0.25, 0.3) is 5.91 Å². The number of likely N-dealkylation sites (tertiary alicyclic amines) is 1. The van der Waals surface area contributed by atoms with Crippen molar-refractivity contribution in [3.63, 3.8) is 0 Å². The predicted octanol–water partition coefficient (Wildman–Crippen LogP) is 1.30. The summed E-state index contributed by atoms with van der Waals surface area (Å²) in [5, 5.41) is 3.23. The van der Waals surface area contributed by atoms with Crippen LogP contribution in [0.25, 0.3) is 0 Å². The molecule has 1 aliphatic heterocycles. The first-order valence-electron chi connectivity index (χ1n) is 5.37. The summed E-state index contributed by atoms with van der Waals surface area (Å²) in [5.74, 6) is -0.182. The van der Waals surface area contributed by atoms with E-state index in [1.807, 2.05) is 0 Å². The highest BCUT2D eigenvalue weighted by molar-refractivity contribution is 6.33. The Morgan fingerprint density at radius 2 is 2.18 bits per heavy atom. The molecule has 1 aromatic carbocycles. The van der Waals surface area contributed by atoms with Gasteiger partial charge in [-0.25, -0.2) is 0 Å². The van der Waals surface area contributed by atoms with Crippen LogP contribution in [-0.4, -0.2) is 36.3 Å². The van der Waals surface area contributed by atoms with Gasteiger partial charge in [-0.2, -0.15) is 0 Å². The summed E-state index contributed by atoms with van der Waals surface area (Å²) in [6.07, 6.45) is 0.354. The number of hydrogen-bond donors (Lipinski definition) is 1. The smallest absolute Gasteiger partial charge is 0.253 e. The number of rotatable bonds is 2. The van der Waals surface area contributed by atoms with Crippen LogP contribution in [0, 0.1) is 0 Å². The zero-order valence-electron chi connectivity index (χ0n) is 9.44. The van der Waals surface area contributed by atoms with Gasteiger partial charge in [0.05, 0.1) is 16.6 Å². The molecule has 5 heteroatoms. The van der Waals surface area contributed by atoms with Crippen molar-refractivity contribution in [1.82, 2.24) is 10.2 Å². The van der Waals surface area contributed by atoms with E-state index in [4.69, 9.17) is 11.6 Å². The SMILES string of the molecule is CN1CC(NC(=O)c2ccccc2Cl)CC1=O. The van der Waals surface area contributed by atoms with Gasteiger partial charge in [0.2, 0.25) is 5.91 Å². The average Bonchev–Trinajstić information content (AvgIpc) is 2.58. The predicted molar refractivity (Wildman–Crippen MR) is 65.0 cm³/mol. The molecule has 0 aromatic heterocycles. The van der Waals surface area contributed by atoms with Crippen LogP contribution in [0.15, 0.2) is 24.3 Å². The molecule has 1 saturated heterocycles. The van der Waals surface area contributed by atoms with Gasteiger partial charge in [-0.05, 0) is 12.1 Å². The molecule has 1 unspecified atom stereocenters. The van der Waals surface area contributed by atoms with E-state index in [1.165, 1.54) is 0 Å². The van der Waals surface area contributed by atoms with Crippen molar-refractivity contribution in [3.05, 3.63) is 34.9 Å². The molecular weight excluding hydrogens is 240 g/mol. The van der Waals surface area contributed by atoms with E-state index < -0.39 is 0 Å². The van der Waals surface area contributed by atoms with E-state index in [-0.39, 0.29) is 17.9 Å². The number of nitrogens with one attached hydrogen (secondary N) is 1. The zero-order valence-corrected chi connectivity index (χ0v) is 10.2. The monoisotopic (exact) mass is 252 g/mol. The summed E-state index contributed by atoms with van der Waals surface area (Å²) in [7, 11) is 1.73. The second-order valence-corrected chi connectivity index (χ2v) is 4.54. The van der Waals surface area contributed by atoms with Gasteiger partial charge in [-0.15, -0.1) is 0 Å². The van der Waals surface area contributed by atoms with Crippen LogP contribution in [0.5, 0.6) is 0 Å². The molecule has 2 rings (SSSR count). The highest BCUT2D eigenvalue weighted by Gasteiger charge is 2.28. The van der Waals surface area contributed by atoms with E-state index >= 15 is 0 Å². The minimum absolute atomic E-state index is 0.0504. The first-order valence-corrected chi connectivity index (χ1v) is 5.75. The van der Waals surface area contributed by atoms with Gasteiger partial charge in [-0.1, -0.05) is 23.7 Å². The second kappa shape index (κ2) is 4.75. The molecule has 90 valence electrons. The molecule has 2 amide bonds. The van der Waals surface area contributed by atoms with Crippen molar-refractivity contribution in [2.24, 2.45) is 0 Å². The third-order valence-corrected chi connectivity index (χ3v) is 3.12. The van der Waals surface area contributed by atoms with Crippen LogP contribution in [0.3, 0.4) is 0 Å². The van der Waals surface area contributed by atoms with Crippen molar-refractivity contribution in [1.29, 1.82) is 0 Å². The molecular formula is C12H13ClN2O2. The number of halogens is 1. The molecule has 0 aliphatic carbocycles. The minimum Gasteiger partial charge on any atom is -0.347 e. The number of amides is 2. The number of nitrogens with zero attached hydrogens (tertiary/aromatic N) is 1. The lowest BCUT2D eigenvalue weighted by Gasteiger charge is -2.12. The highest BCUT2D eigenvalue weighted by atomic mass is 35.5. The normalized spacial score (nSPS) is 19.5. The van der Waals surface area contributed by atoms with E-state index in [2.05, 4.69) is 5.32 Å². The first kappa shape index (κ1) is 11.9. The van der Waals surface area contributed by atoms with Crippen molar-refractivity contribution in [2.45, 2.75) is 12.5 Å². The summed E-state index contributed by atoms with van der Waals surface area (Å²) >= 11 is 5.92. The van der Waals surface area contributed by atoms with E-state index in [0.29, 0.717) is 23.6 Å². The van der Waals surface area contributed by atoms with Gasteiger partial charge in [-0.3, -0.25) is 9.59 Å². The zero-order chi connectivity index (χ0) is 12.4. The third kappa shape index (κ3) is 2.58. The van der Waals surface area contributed by atoms with Crippen LogP contribution in [0.1, 0.15) is 16.8 Å². The molecule has 0 spiro atoms. The molecule has 17 heavy (non-hydrogen) atoms. The number of carbonyl (C=O) groups is 2. The van der Waals surface area contributed by atoms with Crippen LogP contribution < -0.4 is 5.32 Å². The van der Waals surface area contributed by atoms with Gasteiger partial charge in [0.1, 0.15) is 0 Å². The summed E-state index contributed by atoms with van der Waals surface area (Å²) < 4.78 is 0. The van der Waals surface area contributed by atoms with Crippen LogP contribution in [0.4, 0.5) is 0 Å². The fourth-order valence-electron chi connectivity index (χ4n) is 1.87. The molecule has 0 saturated carbocycles. The van der Waals surface area contributed by atoms with Crippen LogP contribution >= 0.6 is 11.6 Å². The van der Waals surface area contributed by atoms with Gasteiger partial charge < -0.3 is 10.2 Å². The van der Waals surface area contributed by atoms with Crippen molar-refractivity contribution < 1.29 is 9.59 Å². The summed E-state index contributed by atoms with van der Waals surface area (Å²) in [6, 6.07) is 6.73. The Morgan fingerprint density at radius 3 is 2.76 bits per heavy atom. The van der Waals surface area contributed by atoms with Crippen molar-refractivity contribution in [3.8, 4) is 0 Å². The number of carbonyl (C=O) groups excluding carboxylic acids is 2. The average molecular weight is 253 g/mol. The maximum atomic E-state index is 11.9. The van der Waals surface area contributed by atoms with E-state index in [9.17, 15) is 9.59 Å². The van der Waals surface area contributed by atoms with Crippen LogP contribution in [-0.2, 0) is 4.79 Å². The molecule has 1 heterocycles. The summed E-state index contributed by atoms with van der Waals surface area (Å²) in [4.78, 5) is 24.8. The fraction of sp³-hybridized carbons (Fsp3) is 0.333. The molecule has 1 fully saturated rings. The molecule has 1 aliphatic rings. The largest absolute Gasteiger partial charge is 0.347 e. The maximum Gasteiger partial charge on any atom is 0.253 e. The van der Waals surface area contributed by atoms with E-state index in [1.54, 1.807) is 36.2 Å². The quantitative estimate of drug-likeness (QED) is 0.863. The fourth-order valence-corrected chi connectivity index (χ4v) is 2.09. The first-order chi connectivity index (χ1) is 8.08. The Morgan fingerprint density at radius 1 is 1.47 bits per heavy atom. The number of hydrogen-bond acceptors (Lipinski definition) is 2. The minimum atomic E-state index is -0.233. The Labute approximate surface area is 105 Å². The topological polar surface area (TPSA) is 49.4 Å². The number of likely N-dealkylation sites (N-methyl/N-ethyl adjacent to an activating group) is 1. The molecule has 1 aromatic rings. The second-order valence-electron chi connectivity index (χ2n) is 4.13. The molecule has 1 atom stereocenters. The van der Waals surface area contributed by atoms with Crippen LogP contribution in [0.2, 0.25) is 5.02 Å². The lowest BCUT2D eigenvalue weighted by molar-refractivity contribution is -0.126. The standard InChI is InChI=1S/C12H13ClN2O2/c1-15-7-8(6-11(15)16)14-12(17)9-4-2-3-5-10(9)13/h2-5,8H,6-7H2,1H3,(H,14,17). The molecule has 0 bridgehead atoms. The Bertz CT molecular complexity index is 462. The Hall–Kier alpha value is -1.55. The summed E-state index contributed by atoms with van der Waals surface area (Å²) in [5.41, 5.74) is 0.441. The van der Waals surface area contributed by atoms with E-state index in [0.717, 1.165) is 0 Å². The van der Waals surface area contributed by atoms with Gasteiger partial charge in [0, 0.05) is 20.0 Å². The Balaban J connectivity index is 2.03. The van der Waals surface area contributed by atoms with Gasteiger partial charge in [0.15, 0.2) is 0 Å². The maximum absolute atomic E-state index is 11.9. The molecule has 4 nitrogen and oxygen atoms in total. The highest BCUT2D eigenvalue weighted by Crippen LogP contribution is 2.16. The lowest BCUT2D eigenvalue weighted by Crippen LogP contribution is -2.36. The summed E-state index contributed by atoms with van der Waals surface area (Å²) in [6.45, 7) is 0.551. The van der Waals surface area contributed by atoms with Gasteiger partial charge >= 0.3 is 0 Å². The lowest BCUT2D eigenvalue weighted by atomic mass is 10.2. The van der Waals surface area contributed by atoms with Crippen molar-refractivity contribution in [2.75, 3.05) is 13.6 Å². The third-order valence-electron chi connectivity index (χ3n) is 2.79. The molecule has 0 radical (unpaired) electrons. The molecule has 1 N–H and O–H groups in total. The Kier molecular flexibility index (Phi) is 3.33. The van der Waals surface area contributed by atoms with Crippen molar-refractivity contribution >= 4 is 23.4 Å². The number of benzene rings is 1.